The second-order valence-electron chi connectivity index (χ2n) is 7.68. The van der Waals surface area contributed by atoms with E-state index in [0.29, 0.717) is 18.2 Å². The number of benzene rings is 2. The molecule has 164 valence electrons. The summed E-state index contributed by atoms with van der Waals surface area (Å²) in [6.07, 6.45) is 1.64. The Morgan fingerprint density at radius 3 is 2.12 bits per heavy atom. The molecule has 0 saturated carbocycles. The highest BCUT2D eigenvalue weighted by Crippen LogP contribution is 2.29. The minimum atomic E-state index is -0.316. The maximum absolute atomic E-state index is 13.5. The van der Waals surface area contributed by atoms with Crippen LogP contribution in [0.15, 0.2) is 82.6 Å². The third kappa shape index (κ3) is 4.94. The van der Waals surface area contributed by atoms with Crippen LogP contribution in [0.3, 0.4) is 0 Å². The molecule has 2 heterocycles. The van der Waals surface area contributed by atoms with E-state index < -0.39 is 0 Å². The van der Waals surface area contributed by atoms with Gasteiger partial charge in [0.05, 0.1) is 17.1 Å². The van der Waals surface area contributed by atoms with Crippen molar-refractivity contribution in [2.75, 3.05) is 0 Å². The van der Waals surface area contributed by atoms with Crippen LogP contribution < -0.4 is 0 Å². The molecular weight excluding hydrogens is 420 g/mol. The summed E-state index contributed by atoms with van der Waals surface area (Å²) >= 11 is 1.42. The molecule has 4 aromatic rings. The normalized spacial score (nSPS) is 12.0. The lowest BCUT2D eigenvalue weighted by atomic mass is 10.1. The van der Waals surface area contributed by atoms with Crippen LogP contribution in [0.1, 0.15) is 23.8 Å². The number of hydrogen-bond donors (Lipinski definition) is 0. The minimum absolute atomic E-state index is 0.0618. The highest BCUT2D eigenvalue weighted by atomic mass is 32.2. The van der Waals surface area contributed by atoms with E-state index in [-0.39, 0.29) is 11.2 Å². The average Bonchev–Trinajstić information content (AvgIpc) is 3.39. The van der Waals surface area contributed by atoms with Crippen molar-refractivity contribution in [1.82, 2.24) is 19.7 Å². The van der Waals surface area contributed by atoms with Crippen molar-refractivity contribution in [3.63, 3.8) is 0 Å². The van der Waals surface area contributed by atoms with Crippen molar-refractivity contribution < 1.29 is 9.21 Å². The van der Waals surface area contributed by atoms with Crippen molar-refractivity contribution in [2.24, 2.45) is 7.05 Å². The summed E-state index contributed by atoms with van der Waals surface area (Å²) in [7, 11) is 1.91. The molecule has 7 heteroatoms. The summed E-state index contributed by atoms with van der Waals surface area (Å²) in [6.45, 7) is 4.93. The first kappa shape index (κ1) is 21.9. The Labute approximate surface area is 192 Å². The number of hydrogen-bond acceptors (Lipinski definition) is 5. The van der Waals surface area contributed by atoms with Gasteiger partial charge in [-0.3, -0.25) is 4.79 Å². The quantitative estimate of drug-likeness (QED) is 0.353. The van der Waals surface area contributed by atoms with Gasteiger partial charge < -0.3 is 13.9 Å². The molecule has 1 atom stereocenters. The molecule has 0 radical (unpaired) electrons. The van der Waals surface area contributed by atoms with Gasteiger partial charge in [-0.1, -0.05) is 72.4 Å². The Balaban J connectivity index is 1.52. The molecule has 0 aliphatic rings. The van der Waals surface area contributed by atoms with Gasteiger partial charge in [0.1, 0.15) is 5.76 Å². The number of amides is 1. The molecule has 0 spiro atoms. The van der Waals surface area contributed by atoms with Crippen LogP contribution in [-0.4, -0.2) is 30.8 Å². The first-order chi connectivity index (χ1) is 15.5. The van der Waals surface area contributed by atoms with Crippen molar-refractivity contribution >= 4 is 17.7 Å². The highest BCUT2D eigenvalue weighted by Gasteiger charge is 2.25. The first-order valence-electron chi connectivity index (χ1n) is 10.5. The Morgan fingerprint density at radius 1 is 1.00 bits per heavy atom. The van der Waals surface area contributed by atoms with Gasteiger partial charge in [0.25, 0.3) is 0 Å². The summed E-state index contributed by atoms with van der Waals surface area (Å²) in [6, 6.07) is 22.0. The van der Waals surface area contributed by atoms with Crippen LogP contribution in [-0.2, 0) is 24.9 Å². The number of nitrogens with zero attached hydrogens (tertiary/aromatic N) is 4. The second kappa shape index (κ2) is 9.87. The molecule has 6 nitrogen and oxygen atoms in total. The van der Waals surface area contributed by atoms with E-state index in [4.69, 9.17) is 4.42 Å². The van der Waals surface area contributed by atoms with E-state index in [2.05, 4.69) is 10.2 Å². The summed E-state index contributed by atoms with van der Waals surface area (Å²) in [4.78, 5) is 15.4. The van der Waals surface area contributed by atoms with Gasteiger partial charge in [-0.05, 0) is 31.0 Å². The molecule has 2 aromatic carbocycles. The van der Waals surface area contributed by atoms with Gasteiger partial charge >= 0.3 is 0 Å². The van der Waals surface area contributed by atoms with Crippen LogP contribution >= 0.6 is 11.8 Å². The van der Waals surface area contributed by atoms with Gasteiger partial charge in [-0.25, -0.2) is 0 Å². The fourth-order valence-corrected chi connectivity index (χ4v) is 4.45. The Hall–Kier alpha value is -3.32. The third-order valence-electron chi connectivity index (χ3n) is 5.31. The number of carbonyl (C=O) groups excluding carboxylic acids is 1. The summed E-state index contributed by atoms with van der Waals surface area (Å²) in [5.74, 6) is 1.58. The molecule has 32 heavy (non-hydrogen) atoms. The minimum Gasteiger partial charge on any atom is -0.469 e. The zero-order valence-corrected chi connectivity index (χ0v) is 19.2. The smallest absolute Gasteiger partial charge is 0.236 e. The molecule has 0 aliphatic carbocycles. The Bertz CT molecular complexity index is 1130. The summed E-state index contributed by atoms with van der Waals surface area (Å²) in [5.41, 5.74) is 3.11. The monoisotopic (exact) mass is 446 g/mol. The third-order valence-corrected chi connectivity index (χ3v) is 6.43. The lowest BCUT2D eigenvalue weighted by molar-refractivity contribution is -0.131. The topological polar surface area (TPSA) is 64.2 Å². The molecule has 0 saturated heterocycles. The van der Waals surface area contributed by atoms with E-state index in [0.717, 1.165) is 28.3 Å². The summed E-state index contributed by atoms with van der Waals surface area (Å²) < 4.78 is 7.31. The van der Waals surface area contributed by atoms with Crippen LogP contribution in [0.2, 0.25) is 0 Å². The Morgan fingerprint density at radius 2 is 1.59 bits per heavy atom. The van der Waals surface area contributed by atoms with Crippen molar-refractivity contribution in [1.29, 1.82) is 0 Å². The predicted octanol–water partition coefficient (Wildman–Crippen LogP) is 5.09. The zero-order chi connectivity index (χ0) is 22.5. The van der Waals surface area contributed by atoms with E-state index in [1.54, 1.807) is 6.26 Å². The maximum atomic E-state index is 13.5. The lowest BCUT2D eigenvalue weighted by Gasteiger charge is -2.26. The SMILES string of the molecule is Cc1occc1-c1nnc(S[C@H](C)C(=O)N(Cc2ccccc2)Cc2ccccc2)n1C. The highest BCUT2D eigenvalue weighted by molar-refractivity contribution is 8.00. The van der Waals surface area contributed by atoms with Gasteiger partial charge in [0.15, 0.2) is 11.0 Å². The number of aryl methyl sites for hydroxylation is 1. The molecule has 0 N–H and O–H groups in total. The lowest BCUT2D eigenvalue weighted by Crippen LogP contribution is -2.35. The number of rotatable bonds is 8. The van der Waals surface area contributed by atoms with E-state index in [9.17, 15) is 4.79 Å². The molecule has 0 fully saturated rings. The van der Waals surface area contributed by atoms with Crippen molar-refractivity contribution in [2.45, 2.75) is 37.3 Å². The zero-order valence-electron chi connectivity index (χ0n) is 18.4. The fraction of sp³-hybridized carbons (Fsp3) is 0.240. The molecule has 4 rings (SSSR count). The number of thioether (sulfide) groups is 1. The van der Waals surface area contributed by atoms with Gasteiger partial charge in [0.2, 0.25) is 5.91 Å². The van der Waals surface area contributed by atoms with Gasteiger partial charge in [0, 0.05) is 20.1 Å². The number of carbonyl (C=O) groups is 1. The van der Waals surface area contributed by atoms with Crippen LogP contribution in [0.4, 0.5) is 0 Å². The van der Waals surface area contributed by atoms with Crippen LogP contribution in [0.5, 0.6) is 0 Å². The van der Waals surface area contributed by atoms with Crippen LogP contribution in [0.25, 0.3) is 11.4 Å². The molecule has 1 amide bonds. The van der Waals surface area contributed by atoms with E-state index in [1.165, 1.54) is 11.8 Å². The van der Waals surface area contributed by atoms with Crippen molar-refractivity contribution in [3.05, 3.63) is 89.9 Å². The Kier molecular flexibility index (Phi) is 6.75. The van der Waals surface area contributed by atoms with Crippen molar-refractivity contribution in [3.8, 4) is 11.4 Å². The average molecular weight is 447 g/mol. The number of aromatic nitrogens is 3. The van der Waals surface area contributed by atoms with E-state index >= 15 is 0 Å². The molecular formula is C25H26N4O2S. The second-order valence-corrected chi connectivity index (χ2v) is 8.99. The molecule has 0 aliphatic heterocycles. The fourth-order valence-electron chi connectivity index (χ4n) is 3.55. The van der Waals surface area contributed by atoms with Gasteiger partial charge in [-0.2, -0.15) is 0 Å². The standard InChI is InChI=1S/C25H26N4O2S/c1-18-22(14-15-31-18)23-26-27-25(28(23)3)32-19(2)24(30)29(16-20-10-6-4-7-11-20)17-21-12-8-5-9-13-21/h4-15,19H,16-17H2,1-3H3/t19-/m1/s1. The molecule has 0 bridgehead atoms. The molecule has 0 unspecified atom stereocenters. The summed E-state index contributed by atoms with van der Waals surface area (Å²) in [5, 5.41) is 9.02. The molecule has 2 aromatic heterocycles. The predicted molar refractivity (Wildman–Crippen MR) is 126 cm³/mol. The van der Waals surface area contributed by atoms with E-state index in [1.807, 2.05) is 97.1 Å². The maximum Gasteiger partial charge on any atom is 0.236 e. The van der Waals surface area contributed by atoms with Gasteiger partial charge in [-0.15, -0.1) is 10.2 Å². The first-order valence-corrected chi connectivity index (χ1v) is 11.4. The largest absolute Gasteiger partial charge is 0.469 e. The van der Waals surface area contributed by atoms with Crippen LogP contribution in [0, 0.1) is 6.92 Å². The number of furan rings is 1.